The highest BCUT2D eigenvalue weighted by Crippen LogP contribution is 2.32. The highest BCUT2D eigenvalue weighted by atomic mass is 35.5. The van der Waals surface area contributed by atoms with Gasteiger partial charge in [-0.15, -0.1) is 11.3 Å². The number of nitro benzene ring substituents is 1. The zero-order valence-electron chi connectivity index (χ0n) is 15.2. The molecule has 0 saturated carbocycles. The molecule has 29 heavy (non-hydrogen) atoms. The van der Waals surface area contributed by atoms with Crippen molar-refractivity contribution in [1.29, 1.82) is 0 Å². The van der Waals surface area contributed by atoms with Crippen LogP contribution in [0.2, 0.25) is 5.02 Å². The molecule has 4 rings (SSSR count). The second kappa shape index (κ2) is 7.65. The fourth-order valence-corrected chi connectivity index (χ4v) is 4.20. The first-order valence-corrected chi connectivity index (χ1v) is 9.78. The molecule has 0 N–H and O–H groups in total. The number of carbonyl (C=O) groups excluding carboxylic acids is 1. The van der Waals surface area contributed by atoms with E-state index in [1.165, 1.54) is 23.5 Å². The van der Waals surface area contributed by atoms with Crippen LogP contribution in [-0.2, 0) is 11.3 Å². The topological polar surface area (TPSA) is 87.3 Å². The lowest BCUT2D eigenvalue weighted by atomic mass is 10.2. The van der Waals surface area contributed by atoms with E-state index in [9.17, 15) is 14.9 Å². The number of ether oxygens (including phenoxy) is 1. The quantitative estimate of drug-likeness (QED) is 0.244. The highest BCUT2D eigenvalue weighted by Gasteiger charge is 2.19. The molecule has 2 aromatic heterocycles. The fraction of sp³-hybridized carbons (Fsp3) is 0.100. The van der Waals surface area contributed by atoms with Crippen LogP contribution in [0, 0.1) is 17.0 Å². The maximum absolute atomic E-state index is 12.5. The summed E-state index contributed by atoms with van der Waals surface area (Å²) >= 11 is 7.55. The Kier molecular flexibility index (Phi) is 5.04. The number of non-ortho nitro benzene ring substituents is 1. The molecule has 0 atom stereocenters. The summed E-state index contributed by atoms with van der Waals surface area (Å²) in [4.78, 5) is 24.1. The van der Waals surface area contributed by atoms with Crippen LogP contribution in [-0.4, -0.2) is 20.7 Å². The van der Waals surface area contributed by atoms with Gasteiger partial charge in [-0.1, -0.05) is 35.9 Å². The molecule has 146 valence electrons. The van der Waals surface area contributed by atoms with E-state index in [2.05, 4.69) is 5.10 Å². The van der Waals surface area contributed by atoms with E-state index in [0.29, 0.717) is 15.5 Å². The smallest absolute Gasteiger partial charge is 0.348 e. The summed E-state index contributed by atoms with van der Waals surface area (Å²) in [6.07, 6.45) is 0. The first-order chi connectivity index (χ1) is 13.9. The Balaban J connectivity index is 1.59. The van der Waals surface area contributed by atoms with Crippen LogP contribution in [0.3, 0.4) is 0 Å². The van der Waals surface area contributed by atoms with Crippen molar-refractivity contribution in [3.63, 3.8) is 0 Å². The van der Waals surface area contributed by atoms with Crippen molar-refractivity contribution in [2.75, 3.05) is 0 Å². The SMILES string of the molecule is Cc1nn(-c2ccccc2Cl)c2sc(C(=O)OCc3cccc([N+](=O)[O-])c3)cc12. The number of para-hydroxylation sites is 1. The van der Waals surface area contributed by atoms with Crippen molar-refractivity contribution in [3.8, 4) is 5.69 Å². The summed E-state index contributed by atoms with van der Waals surface area (Å²) in [6.45, 7) is 1.81. The number of fused-ring (bicyclic) bond motifs is 1. The monoisotopic (exact) mass is 427 g/mol. The molecule has 0 fully saturated rings. The van der Waals surface area contributed by atoms with Crippen molar-refractivity contribution >= 4 is 44.8 Å². The number of nitrogens with zero attached hydrogens (tertiary/aromatic N) is 3. The van der Waals surface area contributed by atoms with Crippen LogP contribution < -0.4 is 0 Å². The standard InChI is InChI=1S/C20H14ClN3O4S/c1-12-15-10-18(20(25)28-11-13-5-4-6-14(9-13)24(26)27)29-19(15)23(22-12)17-8-3-2-7-16(17)21/h2-10H,11H2,1H3. The number of hydrogen-bond acceptors (Lipinski definition) is 6. The zero-order chi connectivity index (χ0) is 20.5. The number of aromatic nitrogens is 2. The summed E-state index contributed by atoms with van der Waals surface area (Å²) in [6, 6.07) is 15.1. The molecule has 0 aliphatic carbocycles. The number of nitro groups is 1. The third-order valence-electron chi connectivity index (χ3n) is 4.32. The molecule has 0 amide bonds. The van der Waals surface area contributed by atoms with E-state index in [1.54, 1.807) is 28.9 Å². The highest BCUT2D eigenvalue weighted by molar-refractivity contribution is 7.20. The maximum Gasteiger partial charge on any atom is 0.348 e. The molecular formula is C20H14ClN3O4S. The molecule has 7 nitrogen and oxygen atoms in total. The summed E-state index contributed by atoms with van der Waals surface area (Å²) in [5.74, 6) is -0.497. The van der Waals surface area contributed by atoms with Gasteiger partial charge in [0.05, 0.1) is 21.3 Å². The van der Waals surface area contributed by atoms with E-state index in [1.807, 2.05) is 25.1 Å². The molecule has 9 heteroatoms. The number of esters is 1. The Labute approximate surface area is 174 Å². The van der Waals surface area contributed by atoms with Crippen molar-refractivity contribution in [3.05, 3.63) is 85.9 Å². The molecule has 0 saturated heterocycles. The van der Waals surface area contributed by atoms with Gasteiger partial charge in [-0.05, 0) is 30.7 Å². The molecule has 0 spiro atoms. The average molecular weight is 428 g/mol. The van der Waals surface area contributed by atoms with Crippen LogP contribution >= 0.6 is 22.9 Å². The molecular weight excluding hydrogens is 414 g/mol. The van der Waals surface area contributed by atoms with Crippen LogP contribution in [0.25, 0.3) is 15.9 Å². The lowest BCUT2D eigenvalue weighted by Crippen LogP contribution is -2.03. The molecule has 0 radical (unpaired) electrons. The predicted octanol–water partition coefficient (Wildman–Crippen LogP) is 5.31. The molecule has 0 bridgehead atoms. The number of rotatable bonds is 5. The van der Waals surface area contributed by atoms with Gasteiger partial charge in [0.25, 0.3) is 5.69 Å². The van der Waals surface area contributed by atoms with Gasteiger partial charge in [-0.2, -0.15) is 5.10 Å². The fourth-order valence-electron chi connectivity index (χ4n) is 2.91. The van der Waals surface area contributed by atoms with Crippen molar-refractivity contribution in [2.24, 2.45) is 0 Å². The first kappa shape index (κ1) is 19.1. The average Bonchev–Trinajstić information content (AvgIpc) is 3.28. The summed E-state index contributed by atoms with van der Waals surface area (Å²) < 4.78 is 7.07. The van der Waals surface area contributed by atoms with Gasteiger partial charge in [0.1, 0.15) is 16.3 Å². The van der Waals surface area contributed by atoms with Gasteiger partial charge in [0.2, 0.25) is 0 Å². The van der Waals surface area contributed by atoms with Gasteiger partial charge < -0.3 is 4.74 Å². The van der Waals surface area contributed by atoms with E-state index in [4.69, 9.17) is 16.3 Å². The predicted molar refractivity (Wildman–Crippen MR) is 111 cm³/mol. The first-order valence-electron chi connectivity index (χ1n) is 8.58. The molecule has 4 aromatic rings. The van der Waals surface area contributed by atoms with Gasteiger partial charge in [0, 0.05) is 17.5 Å². The minimum Gasteiger partial charge on any atom is -0.457 e. The van der Waals surface area contributed by atoms with Crippen molar-refractivity contribution in [1.82, 2.24) is 9.78 Å². The van der Waals surface area contributed by atoms with Gasteiger partial charge in [-0.25, -0.2) is 9.48 Å². The lowest BCUT2D eigenvalue weighted by Gasteiger charge is -2.05. The van der Waals surface area contributed by atoms with E-state index >= 15 is 0 Å². The second-order valence-corrected chi connectivity index (χ2v) is 7.72. The third kappa shape index (κ3) is 3.72. The van der Waals surface area contributed by atoms with Gasteiger partial charge in [0.15, 0.2) is 0 Å². The van der Waals surface area contributed by atoms with E-state index in [0.717, 1.165) is 21.6 Å². The van der Waals surface area contributed by atoms with Crippen molar-refractivity contribution < 1.29 is 14.5 Å². The molecule has 0 aliphatic heterocycles. The summed E-state index contributed by atoms with van der Waals surface area (Å²) in [5, 5.41) is 16.8. The molecule has 0 aliphatic rings. The van der Waals surface area contributed by atoms with Crippen molar-refractivity contribution in [2.45, 2.75) is 13.5 Å². The second-order valence-electron chi connectivity index (χ2n) is 6.28. The normalized spacial score (nSPS) is 11.0. The Morgan fingerprint density at radius 3 is 2.79 bits per heavy atom. The summed E-state index contributed by atoms with van der Waals surface area (Å²) in [7, 11) is 0. The minimum absolute atomic E-state index is 0.0455. The number of benzene rings is 2. The van der Waals surface area contributed by atoms with E-state index < -0.39 is 10.9 Å². The minimum atomic E-state index is -0.497. The number of carbonyl (C=O) groups is 1. The molecule has 2 aromatic carbocycles. The Bertz CT molecular complexity index is 1250. The lowest BCUT2D eigenvalue weighted by molar-refractivity contribution is -0.384. The number of halogens is 1. The number of hydrogen-bond donors (Lipinski definition) is 0. The van der Waals surface area contributed by atoms with Crippen LogP contribution in [0.5, 0.6) is 0 Å². The number of thiophene rings is 1. The zero-order valence-corrected chi connectivity index (χ0v) is 16.7. The van der Waals surface area contributed by atoms with Crippen LogP contribution in [0.4, 0.5) is 5.69 Å². The van der Waals surface area contributed by atoms with Gasteiger partial charge in [-0.3, -0.25) is 10.1 Å². The largest absolute Gasteiger partial charge is 0.457 e. The van der Waals surface area contributed by atoms with Crippen LogP contribution in [0.15, 0.2) is 54.6 Å². The van der Waals surface area contributed by atoms with Gasteiger partial charge >= 0.3 is 5.97 Å². The van der Waals surface area contributed by atoms with Crippen LogP contribution in [0.1, 0.15) is 20.9 Å². The maximum atomic E-state index is 12.5. The molecule has 2 heterocycles. The third-order valence-corrected chi connectivity index (χ3v) is 5.73. The Hall–Kier alpha value is -3.23. The summed E-state index contributed by atoms with van der Waals surface area (Å²) in [5.41, 5.74) is 2.00. The number of aryl methyl sites for hydroxylation is 1. The van der Waals surface area contributed by atoms with E-state index in [-0.39, 0.29) is 12.3 Å². The Morgan fingerprint density at radius 2 is 2.03 bits per heavy atom. The molecule has 0 unspecified atom stereocenters. The Morgan fingerprint density at radius 1 is 1.24 bits per heavy atom.